The number of benzene rings is 1. The number of hydrogen-bond acceptors (Lipinski definition) is 3. The molecule has 4 saturated carbocycles. The fourth-order valence-electron chi connectivity index (χ4n) is 6.02. The summed E-state index contributed by atoms with van der Waals surface area (Å²) < 4.78 is 28.8. The molecule has 2 N–H and O–H groups in total. The third-order valence-corrected chi connectivity index (χ3v) is 7.11. The molecule has 0 radical (unpaired) electrons. The van der Waals surface area contributed by atoms with Crippen LogP contribution in [0.1, 0.15) is 51.4 Å². The normalized spacial score (nSPS) is 29.1. The van der Waals surface area contributed by atoms with Crippen molar-refractivity contribution in [2.24, 2.45) is 23.2 Å². The highest BCUT2D eigenvalue weighted by Crippen LogP contribution is 2.60. The molecule has 4 fully saturated rings. The summed E-state index contributed by atoms with van der Waals surface area (Å²) in [6, 6.07) is 4.11. The first-order chi connectivity index (χ1) is 14.3. The SMILES string of the molecule is O=C(CCCNC(=O)C12CC3CC(CC(C3)C1)C2)Nc1ccc(OC(F)F)c(Cl)c1. The van der Waals surface area contributed by atoms with E-state index in [1.807, 2.05) is 0 Å². The lowest BCUT2D eigenvalue weighted by molar-refractivity contribution is -0.146. The fourth-order valence-corrected chi connectivity index (χ4v) is 6.25. The lowest BCUT2D eigenvalue weighted by Crippen LogP contribution is -2.53. The molecule has 1 aromatic carbocycles. The molecule has 0 unspecified atom stereocenters. The Labute approximate surface area is 179 Å². The van der Waals surface area contributed by atoms with Crippen LogP contribution in [0.4, 0.5) is 14.5 Å². The van der Waals surface area contributed by atoms with E-state index in [4.69, 9.17) is 11.6 Å². The molecule has 0 spiro atoms. The third kappa shape index (κ3) is 4.71. The van der Waals surface area contributed by atoms with Gasteiger partial charge in [-0.25, -0.2) is 0 Å². The zero-order valence-corrected chi connectivity index (χ0v) is 17.5. The minimum absolute atomic E-state index is 0.00376. The van der Waals surface area contributed by atoms with Gasteiger partial charge in [-0.05, 0) is 80.9 Å². The van der Waals surface area contributed by atoms with Crippen LogP contribution in [0.15, 0.2) is 18.2 Å². The Morgan fingerprint density at radius 1 is 1.13 bits per heavy atom. The van der Waals surface area contributed by atoms with E-state index in [-0.39, 0.29) is 34.4 Å². The zero-order valence-electron chi connectivity index (χ0n) is 16.8. The van der Waals surface area contributed by atoms with Crippen molar-refractivity contribution in [2.75, 3.05) is 11.9 Å². The van der Waals surface area contributed by atoms with Crippen LogP contribution in [0, 0.1) is 23.2 Å². The average Bonchev–Trinajstić information content (AvgIpc) is 2.66. The summed E-state index contributed by atoms with van der Waals surface area (Å²) in [6.07, 6.45) is 7.74. The van der Waals surface area contributed by atoms with E-state index in [1.54, 1.807) is 0 Å². The van der Waals surface area contributed by atoms with Crippen LogP contribution in [-0.4, -0.2) is 25.0 Å². The first-order valence-corrected chi connectivity index (χ1v) is 11.0. The number of halogens is 3. The Bertz CT molecular complexity index is 782. The number of carbonyl (C=O) groups excluding carboxylic acids is 2. The van der Waals surface area contributed by atoms with Gasteiger partial charge in [0.05, 0.1) is 5.02 Å². The van der Waals surface area contributed by atoms with Gasteiger partial charge in [0.15, 0.2) is 0 Å². The van der Waals surface area contributed by atoms with Gasteiger partial charge in [0, 0.05) is 24.1 Å². The number of rotatable bonds is 8. The summed E-state index contributed by atoms with van der Waals surface area (Å²) in [6.45, 7) is -2.49. The maximum Gasteiger partial charge on any atom is 0.387 e. The number of carbonyl (C=O) groups is 2. The van der Waals surface area contributed by atoms with Gasteiger partial charge in [-0.15, -0.1) is 0 Å². The summed E-state index contributed by atoms with van der Waals surface area (Å²) >= 11 is 5.89. The smallest absolute Gasteiger partial charge is 0.387 e. The fraction of sp³-hybridized carbons (Fsp3) is 0.636. The van der Waals surface area contributed by atoms with Crippen LogP contribution >= 0.6 is 11.6 Å². The average molecular weight is 441 g/mol. The highest BCUT2D eigenvalue weighted by molar-refractivity contribution is 6.32. The van der Waals surface area contributed by atoms with E-state index in [1.165, 1.54) is 37.5 Å². The van der Waals surface area contributed by atoms with E-state index < -0.39 is 6.61 Å². The maximum absolute atomic E-state index is 12.9. The van der Waals surface area contributed by atoms with E-state index in [0.29, 0.717) is 18.7 Å². The molecule has 0 heterocycles. The number of anilines is 1. The molecule has 0 saturated heterocycles. The molecule has 4 bridgehead atoms. The van der Waals surface area contributed by atoms with Gasteiger partial charge in [0.25, 0.3) is 0 Å². The lowest BCUT2D eigenvalue weighted by atomic mass is 9.49. The number of nitrogens with one attached hydrogen (secondary N) is 2. The Balaban J connectivity index is 1.20. The molecular weight excluding hydrogens is 414 g/mol. The molecule has 1 aromatic rings. The van der Waals surface area contributed by atoms with Crippen LogP contribution in [0.25, 0.3) is 0 Å². The van der Waals surface area contributed by atoms with Crippen LogP contribution < -0.4 is 15.4 Å². The predicted octanol–water partition coefficient (Wildman–Crippen LogP) is 4.99. The number of alkyl halides is 2. The molecule has 164 valence electrons. The second-order valence-electron chi connectivity index (χ2n) is 9.13. The van der Waals surface area contributed by atoms with Crippen molar-refractivity contribution >= 4 is 29.1 Å². The van der Waals surface area contributed by atoms with Crippen molar-refractivity contribution in [3.05, 3.63) is 23.2 Å². The molecule has 5 nitrogen and oxygen atoms in total. The highest BCUT2D eigenvalue weighted by atomic mass is 35.5. The monoisotopic (exact) mass is 440 g/mol. The van der Waals surface area contributed by atoms with Crippen LogP contribution in [0.3, 0.4) is 0 Å². The van der Waals surface area contributed by atoms with Crippen molar-refractivity contribution in [3.63, 3.8) is 0 Å². The van der Waals surface area contributed by atoms with E-state index >= 15 is 0 Å². The van der Waals surface area contributed by atoms with Crippen LogP contribution in [0.5, 0.6) is 5.75 Å². The van der Waals surface area contributed by atoms with E-state index in [0.717, 1.165) is 37.0 Å². The van der Waals surface area contributed by atoms with Gasteiger partial charge in [-0.3, -0.25) is 9.59 Å². The van der Waals surface area contributed by atoms with Gasteiger partial charge in [0.2, 0.25) is 11.8 Å². The number of ether oxygens (including phenoxy) is 1. The van der Waals surface area contributed by atoms with Gasteiger partial charge in [-0.2, -0.15) is 8.78 Å². The Hall–Kier alpha value is -1.89. The molecular formula is C22H27ClF2N2O3. The molecule has 0 aromatic heterocycles. The maximum atomic E-state index is 12.9. The molecule has 5 rings (SSSR count). The molecule has 4 aliphatic carbocycles. The third-order valence-electron chi connectivity index (χ3n) is 6.82. The topological polar surface area (TPSA) is 67.4 Å². The summed E-state index contributed by atoms with van der Waals surface area (Å²) in [4.78, 5) is 25.0. The zero-order chi connectivity index (χ0) is 21.3. The van der Waals surface area contributed by atoms with Gasteiger partial charge in [0.1, 0.15) is 5.75 Å². The highest BCUT2D eigenvalue weighted by Gasteiger charge is 2.54. The van der Waals surface area contributed by atoms with Crippen molar-refractivity contribution in [2.45, 2.75) is 58.0 Å². The van der Waals surface area contributed by atoms with Crippen LogP contribution in [-0.2, 0) is 9.59 Å². The molecule has 30 heavy (non-hydrogen) atoms. The first kappa shape index (κ1) is 21.3. The van der Waals surface area contributed by atoms with Gasteiger partial charge < -0.3 is 15.4 Å². The summed E-state index contributed by atoms with van der Waals surface area (Å²) in [5, 5.41) is 5.74. The second-order valence-corrected chi connectivity index (χ2v) is 9.54. The van der Waals surface area contributed by atoms with Crippen molar-refractivity contribution in [1.82, 2.24) is 5.32 Å². The standard InChI is InChI=1S/C22H27ClF2N2O3/c23-17-9-16(3-4-18(17)30-21(24)25)27-19(28)2-1-5-26-20(29)22-10-13-6-14(11-22)8-15(7-13)12-22/h3-4,9,13-15,21H,1-2,5-8,10-12H2,(H,26,29)(H,27,28). The Kier molecular flexibility index (Phi) is 6.19. The molecule has 8 heteroatoms. The quantitative estimate of drug-likeness (QED) is 0.559. The predicted molar refractivity (Wildman–Crippen MR) is 110 cm³/mol. The number of amides is 2. The summed E-state index contributed by atoms with van der Waals surface area (Å²) in [5.74, 6) is 1.96. The minimum atomic E-state index is -2.96. The second kappa shape index (κ2) is 8.69. The largest absolute Gasteiger partial charge is 0.433 e. The Morgan fingerprint density at radius 2 is 1.77 bits per heavy atom. The molecule has 2 amide bonds. The summed E-state index contributed by atoms with van der Waals surface area (Å²) in [7, 11) is 0. The first-order valence-electron chi connectivity index (χ1n) is 10.7. The molecule has 0 aliphatic heterocycles. The summed E-state index contributed by atoms with van der Waals surface area (Å²) in [5.41, 5.74) is 0.236. The van der Waals surface area contributed by atoms with Crippen LogP contribution in [0.2, 0.25) is 5.02 Å². The Morgan fingerprint density at radius 3 is 2.33 bits per heavy atom. The molecule has 0 atom stereocenters. The number of hydrogen-bond donors (Lipinski definition) is 2. The van der Waals surface area contributed by atoms with Crippen molar-refractivity contribution < 1.29 is 23.1 Å². The van der Waals surface area contributed by atoms with E-state index in [9.17, 15) is 18.4 Å². The van der Waals surface area contributed by atoms with E-state index in [2.05, 4.69) is 15.4 Å². The van der Waals surface area contributed by atoms with Gasteiger partial charge in [-0.1, -0.05) is 11.6 Å². The van der Waals surface area contributed by atoms with Gasteiger partial charge >= 0.3 is 6.61 Å². The lowest BCUT2D eigenvalue weighted by Gasteiger charge is -2.55. The van der Waals surface area contributed by atoms with Crippen molar-refractivity contribution in [1.29, 1.82) is 0 Å². The minimum Gasteiger partial charge on any atom is -0.433 e. The molecule has 4 aliphatic rings. The van der Waals surface area contributed by atoms with Crippen molar-refractivity contribution in [3.8, 4) is 5.75 Å².